The van der Waals surface area contributed by atoms with Crippen molar-refractivity contribution >= 4 is 28.2 Å². The van der Waals surface area contributed by atoms with Gasteiger partial charge in [-0.2, -0.15) is 0 Å². The van der Waals surface area contributed by atoms with Crippen LogP contribution in [0.1, 0.15) is 59.0 Å². The van der Waals surface area contributed by atoms with Crippen molar-refractivity contribution in [2.24, 2.45) is 0 Å². The van der Waals surface area contributed by atoms with Crippen molar-refractivity contribution in [2.45, 2.75) is 45.2 Å². The molecule has 2 N–H and O–H groups in total. The maximum Gasteiger partial charge on any atom is 0.341 e. The summed E-state index contributed by atoms with van der Waals surface area (Å²) < 4.78 is 4.99. The summed E-state index contributed by atoms with van der Waals surface area (Å²) in [5.41, 5.74) is 1.01. The number of methoxy groups -OCH3 is 1. The van der Waals surface area contributed by atoms with Crippen molar-refractivity contribution in [3.63, 3.8) is 0 Å². The number of thiophene rings is 1. The number of nitrogens with zero attached hydrogens (tertiary/aromatic N) is 2. The Labute approximate surface area is 156 Å². The summed E-state index contributed by atoms with van der Waals surface area (Å²) in [6, 6.07) is 0. The number of aromatic nitrogens is 2. The van der Waals surface area contributed by atoms with Crippen LogP contribution in [0.5, 0.6) is 0 Å². The fraction of sp³-hybridized carbons (Fsp3) is 0.444. The molecular weight excluding hydrogens is 352 g/mol. The number of hydrogen-bond acceptors (Lipinski definition) is 7. The number of amides is 1. The van der Waals surface area contributed by atoms with Crippen LogP contribution in [-0.4, -0.2) is 34.5 Å². The molecular formula is C18H22N4O3S. The fourth-order valence-electron chi connectivity index (χ4n) is 3.52. The molecule has 0 spiro atoms. The van der Waals surface area contributed by atoms with Gasteiger partial charge >= 0.3 is 5.97 Å². The first-order valence-electron chi connectivity index (χ1n) is 8.26. The number of ether oxygens (including phenoxy) is 1. The molecule has 0 saturated carbocycles. The zero-order valence-corrected chi connectivity index (χ0v) is 16.3. The topological polar surface area (TPSA) is 93.2 Å². The van der Waals surface area contributed by atoms with Crippen molar-refractivity contribution in [1.29, 1.82) is 0 Å². The van der Waals surface area contributed by atoms with E-state index >= 15 is 0 Å². The Morgan fingerprint density at radius 3 is 2.62 bits per heavy atom. The summed E-state index contributed by atoms with van der Waals surface area (Å²) in [6.07, 6.45) is 4.99. The number of carbonyl (C=O) groups is 2. The lowest BCUT2D eigenvalue weighted by Crippen LogP contribution is -2.55. The van der Waals surface area contributed by atoms with E-state index in [1.165, 1.54) is 37.0 Å². The quantitative estimate of drug-likeness (QED) is 0.803. The van der Waals surface area contributed by atoms with E-state index in [0.717, 1.165) is 10.4 Å². The Balaban J connectivity index is 2.08. The van der Waals surface area contributed by atoms with Gasteiger partial charge in [0.25, 0.3) is 5.91 Å². The molecule has 0 radical (unpaired) electrons. The predicted octanol–water partition coefficient (Wildman–Crippen LogP) is 2.74. The molecule has 26 heavy (non-hydrogen) atoms. The number of fused-ring (bicyclic) bond motifs is 1. The van der Waals surface area contributed by atoms with Crippen LogP contribution in [0.25, 0.3) is 0 Å². The van der Waals surface area contributed by atoms with Crippen molar-refractivity contribution < 1.29 is 14.3 Å². The van der Waals surface area contributed by atoms with Crippen molar-refractivity contribution in [3.8, 4) is 0 Å². The molecule has 0 aromatic carbocycles. The molecule has 1 aliphatic heterocycles. The van der Waals surface area contributed by atoms with Gasteiger partial charge in [0.1, 0.15) is 10.7 Å². The predicted molar refractivity (Wildman–Crippen MR) is 99.6 cm³/mol. The third-order valence-corrected chi connectivity index (χ3v) is 5.73. The number of esters is 1. The van der Waals surface area contributed by atoms with Gasteiger partial charge in [-0.1, -0.05) is 0 Å². The molecule has 1 amide bonds. The molecule has 7 nitrogen and oxygen atoms in total. The first-order chi connectivity index (χ1) is 12.1. The van der Waals surface area contributed by atoms with E-state index in [2.05, 4.69) is 48.3 Å². The van der Waals surface area contributed by atoms with E-state index in [0.29, 0.717) is 17.0 Å². The average Bonchev–Trinajstić information content (AvgIpc) is 2.91. The Bertz CT molecular complexity index is 859. The molecule has 0 aliphatic carbocycles. The van der Waals surface area contributed by atoms with E-state index in [9.17, 15) is 9.59 Å². The van der Waals surface area contributed by atoms with Gasteiger partial charge in [-0.05, 0) is 39.7 Å². The van der Waals surface area contributed by atoms with Crippen LogP contribution in [0.3, 0.4) is 0 Å². The van der Waals surface area contributed by atoms with Crippen LogP contribution in [0, 0.1) is 0 Å². The molecule has 8 heteroatoms. The van der Waals surface area contributed by atoms with Gasteiger partial charge in [-0.25, -0.2) is 9.78 Å². The van der Waals surface area contributed by atoms with Crippen LogP contribution in [0.2, 0.25) is 0 Å². The van der Waals surface area contributed by atoms with Gasteiger partial charge in [0, 0.05) is 28.3 Å². The summed E-state index contributed by atoms with van der Waals surface area (Å²) in [4.78, 5) is 33.9. The standard InChI is InChI=1S/C18H22N4O3S/c1-17(2)8-10-12(16(24)25-5)15(26-13(10)18(3,4)22-17)21-14(23)11-9-19-6-7-20-11/h6-7,9,22H,8H2,1-5H3,(H,21,23). The highest BCUT2D eigenvalue weighted by Crippen LogP contribution is 2.45. The number of nitrogens with one attached hydrogen (secondary N) is 2. The highest BCUT2D eigenvalue weighted by Gasteiger charge is 2.42. The first kappa shape index (κ1) is 18.5. The first-order valence-corrected chi connectivity index (χ1v) is 9.07. The highest BCUT2D eigenvalue weighted by molar-refractivity contribution is 7.17. The lowest BCUT2D eigenvalue weighted by atomic mass is 9.81. The van der Waals surface area contributed by atoms with Crippen LogP contribution in [0.4, 0.5) is 5.00 Å². The second kappa shape index (κ2) is 6.44. The maximum absolute atomic E-state index is 12.5. The molecule has 0 bridgehead atoms. The smallest absolute Gasteiger partial charge is 0.341 e. The van der Waals surface area contributed by atoms with E-state index < -0.39 is 11.9 Å². The average molecular weight is 374 g/mol. The monoisotopic (exact) mass is 374 g/mol. The lowest BCUT2D eigenvalue weighted by molar-refractivity contribution is 0.0600. The second-order valence-electron chi connectivity index (χ2n) is 7.46. The molecule has 2 aromatic heterocycles. The maximum atomic E-state index is 12.5. The van der Waals surface area contributed by atoms with E-state index in [-0.39, 0.29) is 16.8 Å². The molecule has 0 fully saturated rings. The van der Waals surface area contributed by atoms with Crippen LogP contribution >= 0.6 is 11.3 Å². The van der Waals surface area contributed by atoms with Crippen molar-refractivity contribution in [3.05, 3.63) is 40.3 Å². The zero-order chi connectivity index (χ0) is 19.1. The van der Waals surface area contributed by atoms with Gasteiger partial charge in [0.15, 0.2) is 0 Å². The van der Waals surface area contributed by atoms with Crippen molar-refractivity contribution in [1.82, 2.24) is 15.3 Å². The van der Waals surface area contributed by atoms with Crippen LogP contribution < -0.4 is 10.6 Å². The van der Waals surface area contributed by atoms with E-state index in [4.69, 9.17) is 4.74 Å². The third-order valence-electron chi connectivity index (χ3n) is 4.26. The van der Waals surface area contributed by atoms with Gasteiger partial charge in [-0.15, -0.1) is 11.3 Å². The van der Waals surface area contributed by atoms with Gasteiger partial charge < -0.3 is 15.4 Å². The highest BCUT2D eigenvalue weighted by atomic mass is 32.1. The molecule has 0 unspecified atom stereocenters. The number of hydrogen-bond donors (Lipinski definition) is 2. The minimum Gasteiger partial charge on any atom is -0.465 e. The van der Waals surface area contributed by atoms with E-state index in [1.807, 2.05) is 0 Å². The molecule has 1 aliphatic rings. The summed E-state index contributed by atoms with van der Waals surface area (Å²) in [5, 5.41) is 6.88. The molecule has 0 saturated heterocycles. The zero-order valence-electron chi connectivity index (χ0n) is 15.5. The Kier molecular flexibility index (Phi) is 4.58. The normalized spacial score (nSPS) is 17.3. The molecule has 138 valence electrons. The summed E-state index contributed by atoms with van der Waals surface area (Å²) >= 11 is 1.39. The Hall–Kier alpha value is -2.32. The van der Waals surface area contributed by atoms with Crippen LogP contribution in [-0.2, 0) is 16.7 Å². The SMILES string of the molecule is COC(=O)c1c(NC(=O)c2cnccn2)sc2c1CC(C)(C)NC2(C)C. The lowest BCUT2D eigenvalue weighted by Gasteiger charge is -2.42. The second-order valence-corrected chi connectivity index (χ2v) is 8.48. The molecule has 2 aromatic rings. The number of anilines is 1. The molecule has 0 atom stereocenters. The van der Waals surface area contributed by atoms with Gasteiger partial charge in [0.05, 0.1) is 18.9 Å². The third kappa shape index (κ3) is 3.34. The fourth-order valence-corrected chi connectivity index (χ4v) is 4.78. The largest absolute Gasteiger partial charge is 0.465 e. The minimum absolute atomic E-state index is 0.187. The van der Waals surface area contributed by atoms with Crippen LogP contribution in [0.15, 0.2) is 18.6 Å². The van der Waals surface area contributed by atoms with E-state index in [1.54, 1.807) is 0 Å². The van der Waals surface area contributed by atoms with Gasteiger partial charge in [-0.3, -0.25) is 9.78 Å². The van der Waals surface area contributed by atoms with Gasteiger partial charge in [0.2, 0.25) is 0 Å². The summed E-state index contributed by atoms with van der Waals surface area (Å²) in [5.74, 6) is -0.864. The Morgan fingerprint density at radius 1 is 1.27 bits per heavy atom. The Morgan fingerprint density at radius 2 is 2.00 bits per heavy atom. The molecule has 3 rings (SSSR count). The van der Waals surface area contributed by atoms with Crippen molar-refractivity contribution in [2.75, 3.05) is 12.4 Å². The minimum atomic E-state index is -0.453. The number of rotatable bonds is 3. The molecule has 3 heterocycles. The summed E-state index contributed by atoms with van der Waals surface area (Å²) in [6.45, 7) is 8.32. The number of carbonyl (C=O) groups excluding carboxylic acids is 2. The summed E-state index contributed by atoms with van der Waals surface area (Å²) in [7, 11) is 1.35.